The van der Waals surface area contributed by atoms with Gasteiger partial charge < -0.3 is 4.74 Å². The van der Waals surface area contributed by atoms with Crippen molar-refractivity contribution in [2.45, 2.75) is 11.8 Å². The molecule has 0 aliphatic heterocycles. The number of nitro benzene ring substituents is 1. The van der Waals surface area contributed by atoms with Gasteiger partial charge in [-0.1, -0.05) is 12.1 Å². The van der Waals surface area contributed by atoms with Crippen molar-refractivity contribution in [1.29, 1.82) is 0 Å². The van der Waals surface area contributed by atoms with E-state index in [0.717, 1.165) is 5.56 Å². The summed E-state index contributed by atoms with van der Waals surface area (Å²) in [6, 6.07) is 18.7. The van der Waals surface area contributed by atoms with Gasteiger partial charge in [-0.25, -0.2) is 8.42 Å². The fourth-order valence-corrected chi connectivity index (χ4v) is 3.52. The molecule has 27 heavy (non-hydrogen) atoms. The maximum atomic E-state index is 12.4. The fourth-order valence-electron chi connectivity index (χ4n) is 2.36. The van der Waals surface area contributed by atoms with Crippen LogP contribution in [0, 0.1) is 17.0 Å². The van der Waals surface area contributed by atoms with E-state index < -0.39 is 14.9 Å². The largest absolute Gasteiger partial charge is 0.457 e. The van der Waals surface area contributed by atoms with Crippen LogP contribution in [0.1, 0.15) is 5.56 Å². The highest BCUT2D eigenvalue weighted by Gasteiger charge is 2.14. The number of sulfonamides is 1. The third kappa shape index (κ3) is 4.62. The molecule has 1 N–H and O–H groups in total. The second-order valence-electron chi connectivity index (χ2n) is 5.80. The molecule has 0 radical (unpaired) electrons. The molecule has 8 heteroatoms. The van der Waals surface area contributed by atoms with Gasteiger partial charge >= 0.3 is 0 Å². The van der Waals surface area contributed by atoms with Crippen LogP contribution in [0.25, 0.3) is 0 Å². The maximum absolute atomic E-state index is 12.4. The number of non-ortho nitro benzene ring substituents is 1. The molecule has 3 aromatic carbocycles. The van der Waals surface area contributed by atoms with Gasteiger partial charge in [-0.05, 0) is 61.0 Å². The highest BCUT2D eigenvalue weighted by atomic mass is 32.2. The molecule has 0 aromatic heterocycles. The van der Waals surface area contributed by atoms with Crippen LogP contribution in [0.2, 0.25) is 0 Å². The number of anilines is 1. The zero-order valence-electron chi connectivity index (χ0n) is 14.3. The quantitative estimate of drug-likeness (QED) is 0.498. The molecule has 0 aliphatic carbocycles. The minimum absolute atomic E-state index is 0.0248. The summed E-state index contributed by atoms with van der Waals surface area (Å²) in [7, 11) is -3.68. The molecule has 0 amide bonds. The molecule has 0 bridgehead atoms. The summed E-state index contributed by atoms with van der Waals surface area (Å²) >= 11 is 0. The maximum Gasteiger partial charge on any atom is 0.269 e. The van der Waals surface area contributed by atoms with Crippen molar-refractivity contribution in [3.05, 3.63) is 88.5 Å². The summed E-state index contributed by atoms with van der Waals surface area (Å²) in [6.45, 7) is 1.82. The molecule has 0 fully saturated rings. The van der Waals surface area contributed by atoms with Crippen LogP contribution >= 0.6 is 0 Å². The molecular formula is C19H16N2O5S. The number of hydrogen-bond acceptors (Lipinski definition) is 5. The van der Waals surface area contributed by atoms with Crippen LogP contribution in [0.3, 0.4) is 0 Å². The van der Waals surface area contributed by atoms with Gasteiger partial charge in [-0.15, -0.1) is 0 Å². The Morgan fingerprint density at radius 3 is 2.07 bits per heavy atom. The van der Waals surface area contributed by atoms with Gasteiger partial charge in [0.25, 0.3) is 15.7 Å². The summed E-state index contributed by atoms with van der Waals surface area (Å²) in [5.41, 5.74) is 1.22. The summed E-state index contributed by atoms with van der Waals surface area (Å²) in [6.07, 6.45) is 0. The van der Waals surface area contributed by atoms with E-state index in [-0.39, 0.29) is 10.6 Å². The molecule has 0 unspecified atom stereocenters. The van der Waals surface area contributed by atoms with E-state index in [1.165, 1.54) is 30.3 Å². The second-order valence-corrected chi connectivity index (χ2v) is 7.48. The molecule has 0 spiro atoms. The van der Waals surface area contributed by atoms with Gasteiger partial charge in [-0.3, -0.25) is 14.8 Å². The van der Waals surface area contributed by atoms with Gasteiger partial charge in [0.15, 0.2) is 0 Å². The lowest BCUT2D eigenvalue weighted by Crippen LogP contribution is -2.12. The lowest BCUT2D eigenvalue weighted by Gasteiger charge is -2.10. The minimum atomic E-state index is -3.68. The van der Waals surface area contributed by atoms with E-state index in [2.05, 4.69) is 4.72 Å². The fraction of sp³-hybridized carbons (Fsp3) is 0.0526. The number of rotatable bonds is 6. The Kier molecular flexibility index (Phi) is 5.09. The monoisotopic (exact) mass is 384 g/mol. The third-order valence-corrected chi connectivity index (χ3v) is 5.07. The van der Waals surface area contributed by atoms with Crippen molar-refractivity contribution >= 4 is 21.4 Å². The van der Waals surface area contributed by atoms with Crippen molar-refractivity contribution in [2.75, 3.05) is 4.72 Å². The minimum Gasteiger partial charge on any atom is -0.457 e. The van der Waals surface area contributed by atoms with E-state index >= 15 is 0 Å². The molecular weight excluding hydrogens is 368 g/mol. The lowest BCUT2D eigenvalue weighted by molar-refractivity contribution is -0.384. The van der Waals surface area contributed by atoms with Crippen molar-refractivity contribution < 1.29 is 18.1 Å². The number of hydrogen-bond donors (Lipinski definition) is 1. The van der Waals surface area contributed by atoms with Crippen LogP contribution in [0.4, 0.5) is 11.4 Å². The van der Waals surface area contributed by atoms with Gasteiger partial charge in [0.05, 0.1) is 9.82 Å². The third-order valence-electron chi connectivity index (χ3n) is 3.69. The van der Waals surface area contributed by atoms with Crippen molar-refractivity contribution in [3.8, 4) is 11.5 Å². The van der Waals surface area contributed by atoms with Gasteiger partial charge in [-0.2, -0.15) is 0 Å². The second kappa shape index (κ2) is 7.46. The molecule has 3 aromatic rings. The molecule has 0 aliphatic rings. The molecule has 0 saturated carbocycles. The number of aryl methyl sites for hydroxylation is 1. The Hall–Kier alpha value is -3.39. The van der Waals surface area contributed by atoms with E-state index in [1.54, 1.807) is 36.4 Å². The Morgan fingerprint density at radius 2 is 1.52 bits per heavy atom. The van der Waals surface area contributed by atoms with E-state index in [1.807, 2.05) is 13.0 Å². The van der Waals surface area contributed by atoms with Crippen LogP contribution < -0.4 is 9.46 Å². The topological polar surface area (TPSA) is 98.5 Å². The van der Waals surface area contributed by atoms with Gasteiger partial charge in [0.2, 0.25) is 0 Å². The first kappa shape index (κ1) is 18.4. The average molecular weight is 384 g/mol. The van der Waals surface area contributed by atoms with E-state index in [9.17, 15) is 18.5 Å². The van der Waals surface area contributed by atoms with Crippen molar-refractivity contribution in [1.82, 2.24) is 0 Å². The first-order valence-corrected chi connectivity index (χ1v) is 9.44. The number of ether oxygens (including phenoxy) is 1. The first-order chi connectivity index (χ1) is 12.8. The zero-order valence-corrected chi connectivity index (χ0v) is 15.1. The van der Waals surface area contributed by atoms with E-state index in [0.29, 0.717) is 17.2 Å². The average Bonchev–Trinajstić information content (AvgIpc) is 2.63. The summed E-state index contributed by atoms with van der Waals surface area (Å²) in [5, 5.41) is 10.7. The number of benzene rings is 3. The number of nitro groups is 1. The summed E-state index contributed by atoms with van der Waals surface area (Å²) in [4.78, 5) is 10.4. The Morgan fingerprint density at radius 1 is 0.926 bits per heavy atom. The Bertz CT molecular complexity index is 1060. The van der Waals surface area contributed by atoms with Crippen LogP contribution in [-0.2, 0) is 10.0 Å². The highest BCUT2D eigenvalue weighted by Crippen LogP contribution is 2.26. The van der Waals surface area contributed by atoms with Crippen LogP contribution in [-0.4, -0.2) is 13.3 Å². The highest BCUT2D eigenvalue weighted by molar-refractivity contribution is 7.92. The summed E-state index contributed by atoms with van der Waals surface area (Å²) < 4.78 is 33.0. The smallest absolute Gasteiger partial charge is 0.269 e. The number of nitrogens with one attached hydrogen (secondary N) is 1. The predicted octanol–water partition coefficient (Wildman–Crippen LogP) is 4.50. The SMILES string of the molecule is Cc1cccc(S(=O)(=O)Nc2ccc(Oc3ccc([N+](=O)[O-])cc3)cc2)c1. The summed E-state index contributed by atoms with van der Waals surface area (Å²) in [5.74, 6) is 0.913. The molecule has 0 saturated heterocycles. The normalized spacial score (nSPS) is 11.0. The molecule has 3 rings (SSSR count). The van der Waals surface area contributed by atoms with Crippen molar-refractivity contribution in [3.63, 3.8) is 0 Å². The molecule has 7 nitrogen and oxygen atoms in total. The molecule has 138 valence electrons. The zero-order chi connectivity index (χ0) is 19.4. The standard InChI is InChI=1S/C19H16N2O5S/c1-14-3-2-4-19(13-14)27(24,25)20-15-5-9-17(10-6-15)26-18-11-7-16(8-12-18)21(22)23/h2-13,20H,1H3. The predicted molar refractivity (Wildman–Crippen MR) is 102 cm³/mol. The van der Waals surface area contributed by atoms with E-state index in [4.69, 9.17) is 4.74 Å². The lowest BCUT2D eigenvalue weighted by atomic mass is 10.2. The Labute approximate surface area is 156 Å². The van der Waals surface area contributed by atoms with Gasteiger partial charge in [0.1, 0.15) is 11.5 Å². The van der Waals surface area contributed by atoms with Crippen molar-refractivity contribution in [2.24, 2.45) is 0 Å². The molecule has 0 heterocycles. The van der Waals surface area contributed by atoms with Crippen LogP contribution in [0.5, 0.6) is 11.5 Å². The number of nitrogens with zero attached hydrogens (tertiary/aromatic N) is 1. The first-order valence-electron chi connectivity index (χ1n) is 7.95. The Balaban J connectivity index is 1.70. The molecule has 0 atom stereocenters. The van der Waals surface area contributed by atoms with Gasteiger partial charge in [0, 0.05) is 17.8 Å². The van der Waals surface area contributed by atoms with Crippen LogP contribution in [0.15, 0.2) is 77.7 Å².